The number of amides is 2. The summed E-state index contributed by atoms with van der Waals surface area (Å²) >= 11 is 0. The molecule has 1 aliphatic rings. The van der Waals surface area contributed by atoms with Gasteiger partial charge in [0.15, 0.2) is 0 Å². The van der Waals surface area contributed by atoms with Crippen molar-refractivity contribution in [1.82, 2.24) is 9.80 Å². The lowest BCUT2D eigenvalue weighted by Crippen LogP contribution is -2.50. The number of piperazine rings is 1. The first-order valence-electron chi connectivity index (χ1n) is 8.20. The molecule has 1 aromatic carbocycles. The third kappa shape index (κ3) is 4.73. The standard InChI is InChI=1S/C18H22N4O3/c1-3-25-17-7-5-4-6-16(17)20-13-15(12-19)18(24)22-10-8-21(9-11-22)14(2)23/h4-7,13,20H,3,8-11H2,1-2H3/b15-13-. The molecule has 0 bridgehead atoms. The SMILES string of the molecule is CCOc1ccccc1N/C=C(/C#N)C(=O)N1CCN(C(C)=O)CC1. The van der Waals surface area contributed by atoms with Gasteiger partial charge in [-0.25, -0.2) is 0 Å². The van der Waals surface area contributed by atoms with Crippen LogP contribution < -0.4 is 10.1 Å². The topological polar surface area (TPSA) is 85.7 Å². The summed E-state index contributed by atoms with van der Waals surface area (Å²) in [6.07, 6.45) is 1.40. The first-order valence-corrected chi connectivity index (χ1v) is 8.20. The van der Waals surface area contributed by atoms with Crippen molar-refractivity contribution < 1.29 is 14.3 Å². The van der Waals surface area contributed by atoms with Gasteiger partial charge in [0.25, 0.3) is 5.91 Å². The summed E-state index contributed by atoms with van der Waals surface area (Å²) in [5, 5.41) is 12.3. The van der Waals surface area contributed by atoms with Crippen LogP contribution in [-0.2, 0) is 9.59 Å². The zero-order valence-corrected chi connectivity index (χ0v) is 14.5. The predicted molar refractivity (Wildman–Crippen MR) is 93.8 cm³/mol. The van der Waals surface area contributed by atoms with Crippen LogP contribution in [0.15, 0.2) is 36.0 Å². The van der Waals surface area contributed by atoms with Gasteiger partial charge in [0.05, 0.1) is 12.3 Å². The average Bonchev–Trinajstić information content (AvgIpc) is 2.63. The number of rotatable bonds is 5. The van der Waals surface area contributed by atoms with E-state index in [1.807, 2.05) is 37.3 Å². The molecule has 25 heavy (non-hydrogen) atoms. The van der Waals surface area contributed by atoms with Gasteiger partial charge in [-0.1, -0.05) is 12.1 Å². The van der Waals surface area contributed by atoms with Crippen LogP contribution >= 0.6 is 0 Å². The van der Waals surface area contributed by atoms with E-state index in [0.717, 1.165) is 0 Å². The molecule has 2 amide bonds. The summed E-state index contributed by atoms with van der Waals surface area (Å²) in [5.41, 5.74) is 0.703. The van der Waals surface area contributed by atoms with Gasteiger partial charge in [-0.15, -0.1) is 0 Å². The fraction of sp³-hybridized carbons (Fsp3) is 0.389. The summed E-state index contributed by atoms with van der Waals surface area (Å²) in [5.74, 6) is 0.311. The molecule has 0 unspecified atom stereocenters. The van der Waals surface area contributed by atoms with E-state index in [4.69, 9.17) is 4.74 Å². The van der Waals surface area contributed by atoms with Gasteiger partial charge >= 0.3 is 0 Å². The van der Waals surface area contributed by atoms with Crippen LogP contribution in [0.2, 0.25) is 0 Å². The minimum Gasteiger partial charge on any atom is -0.492 e. The Bertz CT molecular complexity index is 701. The van der Waals surface area contributed by atoms with Crippen LogP contribution in [-0.4, -0.2) is 54.4 Å². The van der Waals surface area contributed by atoms with Crippen molar-refractivity contribution in [1.29, 1.82) is 5.26 Å². The van der Waals surface area contributed by atoms with Crippen LogP contribution in [0.3, 0.4) is 0 Å². The lowest BCUT2D eigenvalue weighted by molar-refractivity contribution is -0.136. The van der Waals surface area contributed by atoms with E-state index in [1.165, 1.54) is 13.1 Å². The molecule has 7 heteroatoms. The molecule has 132 valence electrons. The second kappa shape index (κ2) is 8.73. The van der Waals surface area contributed by atoms with Crippen LogP contribution in [0.25, 0.3) is 0 Å². The lowest BCUT2D eigenvalue weighted by atomic mass is 10.2. The zero-order chi connectivity index (χ0) is 18.2. The maximum absolute atomic E-state index is 12.5. The number of para-hydroxylation sites is 2. The van der Waals surface area contributed by atoms with Crippen molar-refractivity contribution in [3.05, 3.63) is 36.0 Å². The average molecular weight is 342 g/mol. The summed E-state index contributed by atoms with van der Waals surface area (Å²) in [6.45, 7) is 5.74. The molecule has 1 saturated heterocycles. The van der Waals surface area contributed by atoms with Crippen molar-refractivity contribution in [2.75, 3.05) is 38.1 Å². The van der Waals surface area contributed by atoms with Crippen molar-refractivity contribution >= 4 is 17.5 Å². The van der Waals surface area contributed by atoms with Crippen LogP contribution in [0.5, 0.6) is 5.75 Å². The molecule has 1 aliphatic heterocycles. The van der Waals surface area contributed by atoms with E-state index in [9.17, 15) is 14.9 Å². The molecule has 0 saturated carbocycles. The molecule has 1 N–H and O–H groups in total. The molecule has 0 radical (unpaired) electrons. The Morgan fingerprint density at radius 1 is 1.24 bits per heavy atom. The summed E-state index contributed by atoms with van der Waals surface area (Å²) < 4.78 is 5.51. The number of carbonyl (C=O) groups is 2. The molecule has 0 atom stereocenters. The van der Waals surface area contributed by atoms with E-state index in [2.05, 4.69) is 5.32 Å². The first-order chi connectivity index (χ1) is 12.1. The third-order valence-corrected chi connectivity index (χ3v) is 3.92. The van der Waals surface area contributed by atoms with Crippen molar-refractivity contribution in [2.24, 2.45) is 0 Å². The molecule has 0 spiro atoms. The van der Waals surface area contributed by atoms with Crippen LogP contribution in [0.4, 0.5) is 5.69 Å². The molecular formula is C18H22N4O3. The Balaban J connectivity index is 2.04. The fourth-order valence-corrected chi connectivity index (χ4v) is 2.55. The zero-order valence-electron chi connectivity index (χ0n) is 14.5. The van der Waals surface area contributed by atoms with Gasteiger partial charge in [-0.05, 0) is 19.1 Å². The van der Waals surface area contributed by atoms with Gasteiger partial charge in [0.2, 0.25) is 5.91 Å². The molecule has 0 aliphatic carbocycles. The van der Waals surface area contributed by atoms with Crippen LogP contribution in [0, 0.1) is 11.3 Å². The van der Waals surface area contributed by atoms with E-state index in [-0.39, 0.29) is 17.4 Å². The van der Waals surface area contributed by atoms with E-state index >= 15 is 0 Å². The van der Waals surface area contributed by atoms with Crippen molar-refractivity contribution in [3.63, 3.8) is 0 Å². The van der Waals surface area contributed by atoms with Crippen molar-refractivity contribution in [3.8, 4) is 11.8 Å². The highest BCUT2D eigenvalue weighted by Gasteiger charge is 2.24. The summed E-state index contributed by atoms with van der Waals surface area (Å²) in [6, 6.07) is 9.26. The highest BCUT2D eigenvalue weighted by atomic mass is 16.5. The second-order valence-corrected chi connectivity index (χ2v) is 5.54. The molecule has 2 rings (SSSR count). The normalized spacial score (nSPS) is 14.7. The minimum absolute atomic E-state index is 0.00246. The molecule has 1 aromatic rings. The van der Waals surface area contributed by atoms with E-state index in [0.29, 0.717) is 44.2 Å². The molecule has 7 nitrogen and oxygen atoms in total. The number of anilines is 1. The number of nitriles is 1. The van der Waals surface area contributed by atoms with Gasteiger partial charge in [0, 0.05) is 39.3 Å². The third-order valence-electron chi connectivity index (χ3n) is 3.92. The highest BCUT2D eigenvalue weighted by Crippen LogP contribution is 2.24. The quantitative estimate of drug-likeness (QED) is 0.649. The Morgan fingerprint density at radius 2 is 1.88 bits per heavy atom. The minimum atomic E-state index is -0.341. The lowest BCUT2D eigenvalue weighted by Gasteiger charge is -2.34. The number of hydrogen-bond donors (Lipinski definition) is 1. The molecule has 1 fully saturated rings. The second-order valence-electron chi connectivity index (χ2n) is 5.54. The van der Waals surface area contributed by atoms with Gasteiger partial charge in [-0.3, -0.25) is 9.59 Å². The number of nitrogens with one attached hydrogen (secondary N) is 1. The maximum atomic E-state index is 12.5. The van der Waals surface area contributed by atoms with Crippen LogP contribution in [0.1, 0.15) is 13.8 Å². The number of ether oxygens (including phenoxy) is 1. The largest absolute Gasteiger partial charge is 0.492 e. The van der Waals surface area contributed by atoms with Gasteiger partial charge in [-0.2, -0.15) is 5.26 Å². The highest BCUT2D eigenvalue weighted by molar-refractivity contribution is 5.97. The number of hydrogen-bond acceptors (Lipinski definition) is 5. The van der Waals surface area contributed by atoms with E-state index in [1.54, 1.807) is 9.80 Å². The smallest absolute Gasteiger partial charge is 0.266 e. The summed E-state index contributed by atoms with van der Waals surface area (Å²) in [4.78, 5) is 27.1. The molecular weight excluding hydrogens is 320 g/mol. The van der Waals surface area contributed by atoms with E-state index < -0.39 is 0 Å². The molecule has 0 aromatic heterocycles. The summed E-state index contributed by atoms with van der Waals surface area (Å²) in [7, 11) is 0. The Labute approximate surface area is 147 Å². The number of carbonyl (C=O) groups excluding carboxylic acids is 2. The predicted octanol–water partition coefficient (Wildman–Crippen LogP) is 1.60. The Kier molecular flexibility index (Phi) is 6.40. The Morgan fingerprint density at radius 3 is 2.48 bits per heavy atom. The van der Waals surface area contributed by atoms with Gasteiger partial charge < -0.3 is 19.9 Å². The monoisotopic (exact) mass is 342 g/mol. The fourth-order valence-electron chi connectivity index (χ4n) is 2.55. The molecule has 1 heterocycles. The number of benzene rings is 1. The van der Waals surface area contributed by atoms with Crippen molar-refractivity contribution in [2.45, 2.75) is 13.8 Å². The maximum Gasteiger partial charge on any atom is 0.266 e. The first kappa shape index (κ1) is 18.3. The Hall–Kier alpha value is -3.01. The number of nitrogens with zero attached hydrogens (tertiary/aromatic N) is 3. The van der Waals surface area contributed by atoms with Gasteiger partial charge in [0.1, 0.15) is 17.4 Å².